The van der Waals surface area contributed by atoms with Crippen molar-refractivity contribution in [2.24, 2.45) is 5.41 Å². The highest BCUT2D eigenvalue weighted by atomic mass is 19.3. The summed E-state index contributed by atoms with van der Waals surface area (Å²) in [5.74, 6) is -3.82. The van der Waals surface area contributed by atoms with Gasteiger partial charge in [0.1, 0.15) is 11.6 Å². The van der Waals surface area contributed by atoms with E-state index in [4.69, 9.17) is 5.26 Å². The first-order valence-electron chi connectivity index (χ1n) is 10.5. The lowest BCUT2D eigenvalue weighted by Crippen LogP contribution is -2.65. The van der Waals surface area contributed by atoms with Gasteiger partial charge in [0.25, 0.3) is 0 Å². The van der Waals surface area contributed by atoms with Crippen molar-refractivity contribution < 1.29 is 18.4 Å². The molecule has 0 aromatic rings. The fraction of sp³-hybridized carbons (Fsp3) is 0.850. The van der Waals surface area contributed by atoms with Crippen molar-refractivity contribution in [2.45, 2.75) is 75.4 Å². The Labute approximate surface area is 169 Å². The Morgan fingerprint density at radius 1 is 1.21 bits per heavy atom. The standard InChI is InChI=1S/C20H29F2N5O2/c1-18(21,22)10-15(16(28)25-20(11-23)4-5-20)24-17(29)27-12-19(13-27)6-8-26(9-7-19)14-2-3-14/h14-15H,2-10,12-13H2,1H3,(H,24,29)(H,25,28). The monoisotopic (exact) mass is 409 g/mol. The van der Waals surface area contributed by atoms with E-state index in [-0.39, 0.29) is 5.41 Å². The first-order chi connectivity index (χ1) is 13.6. The molecule has 3 amide bonds. The van der Waals surface area contributed by atoms with E-state index in [0.717, 1.165) is 38.9 Å². The lowest BCUT2D eigenvalue weighted by molar-refractivity contribution is -0.126. The maximum atomic E-state index is 13.6. The zero-order valence-corrected chi connectivity index (χ0v) is 16.8. The van der Waals surface area contributed by atoms with Gasteiger partial charge < -0.3 is 20.4 Å². The summed E-state index contributed by atoms with van der Waals surface area (Å²) in [5, 5.41) is 14.1. The molecule has 1 unspecified atom stereocenters. The largest absolute Gasteiger partial charge is 0.336 e. The minimum Gasteiger partial charge on any atom is -0.336 e. The van der Waals surface area contributed by atoms with Crippen LogP contribution < -0.4 is 10.6 Å². The Kier molecular flexibility index (Phi) is 4.96. The molecule has 1 atom stereocenters. The molecule has 160 valence electrons. The Hall–Kier alpha value is -1.95. The van der Waals surface area contributed by atoms with Gasteiger partial charge in [-0.2, -0.15) is 5.26 Å². The Morgan fingerprint density at radius 3 is 2.31 bits per heavy atom. The fourth-order valence-electron chi connectivity index (χ4n) is 4.55. The molecule has 9 heteroatoms. The summed E-state index contributed by atoms with van der Waals surface area (Å²) in [6, 6.07) is 0.922. The van der Waals surface area contributed by atoms with Crippen LogP contribution in [0.25, 0.3) is 0 Å². The summed E-state index contributed by atoms with van der Waals surface area (Å²) >= 11 is 0. The highest BCUT2D eigenvalue weighted by Crippen LogP contribution is 2.43. The van der Waals surface area contributed by atoms with E-state index in [1.54, 1.807) is 4.90 Å². The number of nitrogens with one attached hydrogen (secondary N) is 2. The average Bonchev–Trinajstić information content (AvgIpc) is 3.53. The molecule has 2 saturated carbocycles. The molecule has 4 rings (SSSR count). The molecule has 0 aromatic heterocycles. The van der Waals surface area contributed by atoms with Crippen LogP contribution in [0.4, 0.5) is 13.6 Å². The van der Waals surface area contributed by atoms with E-state index >= 15 is 0 Å². The van der Waals surface area contributed by atoms with Gasteiger partial charge >= 0.3 is 6.03 Å². The smallest absolute Gasteiger partial charge is 0.318 e. The Bertz CT molecular complexity index is 707. The molecule has 2 aliphatic carbocycles. The summed E-state index contributed by atoms with van der Waals surface area (Å²) in [7, 11) is 0. The molecule has 1 spiro atoms. The van der Waals surface area contributed by atoms with Crippen LogP contribution >= 0.6 is 0 Å². The molecule has 2 saturated heterocycles. The maximum Gasteiger partial charge on any atom is 0.318 e. The number of carbonyl (C=O) groups excluding carboxylic acids is 2. The number of piperidine rings is 1. The number of alkyl halides is 2. The third kappa shape index (κ3) is 4.63. The third-order valence-corrected chi connectivity index (χ3v) is 6.76. The first kappa shape index (κ1) is 20.3. The summed E-state index contributed by atoms with van der Waals surface area (Å²) in [4.78, 5) is 29.2. The van der Waals surface area contributed by atoms with E-state index in [1.165, 1.54) is 12.8 Å². The molecular weight excluding hydrogens is 380 g/mol. The Balaban J connectivity index is 1.30. The van der Waals surface area contributed by atoms with Gasteiger partial charge in [-0.3, -0.25) is 4.79 Å². The number of nitrogens with zero attached hydrogens (tertiary/aromatic N) is 3. The molecule has 0 bridgehead atoms. The average molecular weight is 409 g/mol. The van der Waals surface area contributed by atoms with Gasteiger partial charge in [-0.25, -0.2) is 13.6 Å². The lowest BCUT2D eigenvalue weighted by Gasteiger charge is -2.54. The van der Waals surface area contributed by atoms with Crippen LogP contribution in [0, 0.1) is 16.7 Å². The highest BCUT2D eigenvalue weighted by molar-refractivity contribution is 5.88. The van der Waals surface area contributed by atoms with Crippen molar-refractivity contribution >= 4 is 11.9 Å². The van der Waals surface area contributed by atoms with E-state index < -0.39 is 35.9 Å². The van der Waals surface area contributed by atoms with Gasteiger partial charge in [0.2, 0.25) is 11.8 Å². The number of hydrogen-bond donors (Lipinski definition) is 2. The van der Waals surface area contributed by atoms with Crippen LogP contribution in [-0.4, -0.2) is 71.5 Å². The second-order valence-electron chi connectivity index (χ2n) is 9.58. The van der Waals surface area contributed by atoms with E-state index in [2.05, 4.69) is 15.5 Å². The Morgan fingerprint density at radius 2 is 1.83 bits per heavy atom. The van der Waals surface area contributed by atoms with Gasteiger partial charge in [0.15, 0.2) is 0 Å². The van der Waals surface area contributed by atoms with E-state index in [1.807, 2.05) is 6.07 Å². The number of amides is 3. The minimum atomic E-state index is -3.11. The molecule has 4 fully saturated rings. The number of nitriles is 1. The summed E-state index contributed by atoms with van der Waals surface area (Å²) in [6.07, 6.45) is 4.90. The second-order valence-corrected chi connectivity index (χ2v) is 9.58. The second kappa shape index (κ2) is 7.08. The SMILES string of the molecule is CC(F)(F)CC(NC(=O)N1CC2(CCN(C3CC3)CC2)C1)C(=O)NC1(C#N)CC1. The van der Waals surface area contributed by atoms with Crippen molar-refractivity contribution in [2.75, 3.05) is 26.2 Å². The van der Waals surface area contributed by atoms with Crippen molar-refractivity contribution in [3.05, 3.63) is 0 Å². The van der Waals surface area contributed by atoms with Crippen LogP contribution in [0.3, 0.4) is 0 Å². The number of carbonyl (C=O) groups is 2. The number of halogens is 2. The van der Waals surface area contributed by atoms with E-state index in [9.17, 15) is 18.4 Å². The minimum absolute atomic E-state index is 0.133. The highest BCUT2D eigenvalue weighted by Gasteiger charge is 2.50. The van der Waals surface area contributed by atoms with Gasteiger partial charge in [-0.05, 0) is 58.5 Å². The normalized spacial score (nSPS) is 26.2. The molecule has 0 radical (unpaired) electrons. The van der Waals surface area contributed by atoms with Crippen molar-refractivity contribution in [3.8, 4) is 6.07 Å². The van der Waals surface area contributed by atoms with Crippen LogP contribution in [0.1, 0.15) is 51.9 Å². The maximum absolute atomic E-state index is 13.6. The van der Waals surface area contributed by atoms with Crippen LogP contribution in [0.15, 0.2) is 0 Å². The molecular formula is C20H29F2N5O2. The molecule has 29 heavy (non-hydrogen) atoms. The van der Waals surface area contributed by atoms with Gasteiger partial charge in [-0.1, -0.05) is 0 Å². The summed E-state index contributed by atoms with van der Waals surface area (Å²) in [6.45, 7) is 4.06. The zero-order valence-electron chi connectivity index (χ0n) is 16.8. The molecule has 2 aliphatic heterocycles. The van der Waals surface area contributed by atoms with Gasteiger partial charge in [-0.15, -0.1) is 0 Å². The van der Waals surface area contributed by atoms with Crippen molar-refractivity contribution in [3.63, 3.8) is 0 Å². The predicted molar refractivity (Wildman–Crippen MR) is 101 cm³/mol. The van der Waals surface area contributed by atoms with Crippen LogP contribution in [0.2, 0.25) is 0 Å². The summed E-state index contributed by atoms with van der Waals surface area (Å²) in [5.41, 5.74) is -0.826. The molecule has 0 aromatic carbocycles. The third-order valence-electron chi connectivity index (χ3n) is 6.76. The topological polar surface area (TPSA) is 88.5 Å². The quantitative estimate of drug-likeness (QED) is 0.701. The number of rotatable bonds is 6. The van der Waals surface area contributed by atoms with E-state index in [0.29, 0.717) is 25.9 Å². The number of hydrogen-bond acceptors (Lipinski definition) is 4. The number of likely N-dealkylation sites (tertiary alicyclic amines) is 2. The van der Waals surface area contributed by atoms with Gasteiger partial charge in [0.05, 0.1) is 6.07 Å². The van der Waals surface area contributed by atoms with Gasteiger partial charge in [0, 0.05) is 31.0 Å². The number of urea groups is 1. The molecule has 2 N–H and O–H groups in total. The molecule has 7 nitrogen and oxygen atoms in total. The van der Waals surface area contributed by atoms with Crippen molar-refractivity contribution in [1.29, 1.82) is 5.26 Å². The lowest BCUT2D eigenvalue weighted by atomic mass is 9.72. The van der Waals surface area contributed by atoms with Crippen LogP contribution in [0.5, 0.6) is 0 Å². The zero-order chi connectivity index (χ0) is 20.9. The molecule has 2 heterocycles. The fourth-order valence-corrected chi connectivity index (χ4v) is 4.55. The van der Waals surface area contributed by atoms with Crippen LogP contribution in [-0.2, 0) is 4.79 Å². The first-order valence-corrected chi connectivity index (χ1v) is 10.5. The van der Waals surface area contributed by atoms with Crippen molar-refractivity contribution in [1.82, 2.24) is 20.4 Å². The molecule has 4 aliphatic rings. The predicted octanol–water partition coefficient (Wildman–Crippen LogP) is 1.84. The summed E-state index contributed by atoms with van der Waals surface area (Å²) < 4.78 is 27.2.